The number of benzene rings is 1. The van der Waals surface area contributed by atoms with Crippen LogP contribution in [0.5, 0.6) is 0 Å². The van der Waals surface area contributed by atoms with Crippen molar-refractivity contribution in [3.63, 3.8) is 0 Å². The van der Waals surface area contributed by atoms with Gasteiger partial charge >= 0.3 is 0 Å². The van der Waals surface area contributed by atoms with Gasteiger partial charge in [0.2, 0.25) is 0 Å². The van der Waals surface area contributed by atoms with E-state index in [1.54, 1.807) is 0 Å². The van der Waals surface area contributed by atoms with Crippen molar-refractivity contribution >= 4 is 5.57 Å². The Kier molecular flexibility index (Phi) is 8.34. The second kappa shape index (κ2) is 9.80. The van der Waals surface area contributed by atoms with Crippen LogP contribution in [0.2, 0.25) is 0 Å². The molecule has 1 aromatic carbocycles. The van der Waals surface area contributed by atoms with Crippen LogP contribution in [0.1, 0.15) is 76.8 Å². The largest absolute Gasteiger partial charge is 0.0654 e. The minimum atomic E-state index is 0.790. The van der Waals surface area contributed by atoms with Gasteiger partial charge in [0.1, 0.15) is 0 Å². The highest BCUT2D eigenvalue weighted by Crippen LogP contribution is 2.23. The highest BCUT2D eigenvalue weighted by atomic mass is 14.1. The first kappa shape index (κ1) is 17.0. The first-order valence-electron chi connectivity index (χ1n) is 8.33. The number of unbranched alkanes of at least 4 members (excludes halogenated alkanes) is 2. The van der Waals surface area contributed by atoms with E-state index in [4.69, 9.17) is 6.58 Å². The van der Waals surface area contributed by atoms with E-state index in [1.807, 2.05) is 6.07 Å². The third kappa shape index (κ3) is 5.94. The molecule has 0 N–H and O–H groups in total. The average Bonchev–Trinajstić information content (AvgIpc) is 2.49. The van der Waals surface area contributed by atoms with Crippen molar-refractivity contribution in [3.05, 3.63) is 42.0 Å². The van der Waals surface area contributed by atoms with Gasteiger partial charge in [0.25, 0.3) is 0 Å². The molecule has 1 aromatic rings. The van der Waals surface area contributed by atoms with Crippen molar-refractivity contribution in [3.8, 4) is 0 Å². The third-order valence-corrected chi connectivity index (χ3v) is 4.08. The molecule has 110 valence electrons. The van der Waals surface area contributed by atoms with E-state index < -0.39 is 0 Å². The minimum Gasteiger partial charge on any atom is -0.0654 e. The van der Waals surface area contributed by atoms with Crippen molar-refractivity contribution in [1.82, 2.24) is 0 Å². The molecule has 2 radical (unpaired) electrons. The van der Waals surface area contributed by atoms with E-state index in [1.165, 1.54) is 49.7 Å². The molecule has 1 rings (SSSR count). The van der Waals surface area contributed by atoms with Gasteiger partial charge in [-0.2, -0.15) is 0 Å². The summed E-state index contributed by atoms with van der Waals surface area (Å²) in [6, 6.07) is 9.78. The van der Waals surface area contributed by atoms with Gasteiger partial charge in [-0.05, 0) is 47.9 Å². The SMILES string of the molecule is [CH]=C(CCCC)c1cc[c]c(CC(CC)CCCC)c1. The van der Waals surface area contributed by atoms with E-state index >= 15 is 0 Å². The van der Waals surface area contributed by atoms with Crippen molar-refractivity contribution in [1.29, 1.82) is 0 Å². The molecule has 0 heteroatoms. The van der Waals surface area contributed by atoms with Crippen LogP contribution in [-0.4, -0.2) is 0 Å². The van der Waals surface area contributed by atoms with Crippen LogP contribution < -0.4 is 0 Å². The Morgan fingerprint density at radius 1 is 1.20 bits per heavy atom. The summed E-state index contributed by atoms with van der Waals surface area (Å²) in [6.07, 6.45) is 9.74. The van der Waals surface area contributed by atoms with Crippen LogP contribution in [0.4, 0.5) is 0 Å². The summed E-state index contributed by atoms with van der Waals surface area (Å²) in [4.78, 5) is 0. The van der Waals surface area contributed by atoms with Gasteiger partial charge in [0.15, 0.2) is 0 Å². The van der Waals surface area contributed by atoms with E-state index in [0.717, 1.165) is 24.3 Å². The van der Waals surface area contributed by atoms with Crippen LogP contribution in [0.25, 0.3) is 5.57 Å². The molecule has 0 aliphatic rings. The Hall–Kier alpha value is -1.04. The van der Waals surface area contributed by atoms with Gasteiger partial charge in [0.05, 0.1) is 0 Å². The molecule has 0 saturated heterocycles. The lowest BCUT2D eigenvalue weighted by atomic mass is 9.90. The van der Waals surface area contributed by atoms with Crippen LogP contribution in [-0.2, 0) is 6.42 Å². The first-order chi connectivity index (χ1) is 9.71. The van der Waals surface area contributed by atoms with E-state index in [9.17, 15) is 0 Å². The van der Waals surface area contributed by atoms with E-state index in [-0.39, 0.29) is 0 Å². The van der Waals surface area contributed by atoms with Gasteiger partial charge in [-0.15, -0.1) is 0 Å². The molecule has 0 aliphatic heterocycles. The van der Waals surface area contributed by atoms with Crippen molar-refractivity contribution in [2.45, 2.75) is 72.1 Å². The molecular weight excluding hydrogens is 240 g/mol. The molecule has 0 saturated carbocycles. The van der Waals surface area contributed by atoms with Crippen molar-refractivity contribution in [2.75, 3.05) is 0 Å². The van der Waals surface area contributed by atoms with Crippen molar-refractivity contribution in [2.24, 2.45) is 5.92 Å². The van der Waals surface area contributed by atoms with Gasteiger partial charge in [-0.1, -0.05) is 77.7 Å². The maximum absolute atomic E-state index is 6.20. The highest BCUT2D eigenvalue weighted by molar-refractivity contribution is 5.62. The predicted molar refractivity (Wildman–Crippen MR) is 89.5 cm³/mol. The zero-order valence-electron chi connectivity index (χ0n) is 13.5. The van der Waals surface area contributed by atoms with Crippen LogP contribution in [0.3, 0.4) is 0 Å². The Balaban J connectivity index is 2.64. The second-order valence-corrected chi connectivity index (χ2v) is 5.85. The molecule has 0 spiro atoms. The Morgan fingerprint density at radius 3 is 2.60 bits per heavy atom. The number of hydrogen-bond acceptors (Lipinski definition) is 0. The van der Waals surface area contributed by atoms with Crippen molar-refractivity contribution < 1.29 is 0 Å². The smallest absolute Gasteiger partial charge is 0.0149 e. The molecule has 0 heterocycles. The van der Waals surface area contributed by atoms with Crippen LogP contribution >= 0.6 is 0 Å². The van der Waals surface area contributed by atoms with Gasteiger partial charge in [0, 0.05) is 0 Å². The summed E-state index contributed by atoms with van der Waals surface area (Å²) < 4.78 is 0. The maximum atomic E-state index is 6.20. The number of allylic oxidation sites excluding steroid dienone is 1. The topological polar surface area (TPSA) is 0 Å². The quantitative estimate of drug-likeness (QED) is 0.471. The van der Waals surface area contributed by atoms with Crippen LogP contribution in [0.15, 0.2) is 18.2 Å². The average molecular weight is 270 g/mol. The van der Waals surface area contributed by atoms with E-state index in [0.29, 0.717) is 0 Å². The summed E-state index contributed by atoms with van der Waals surface area (Å²) in [6.45, 7) is 13.0. The molecule has 0 nitrogen and oxygen atoms in total. The molecule has 0 aliphatic carbocycles. The summed E-state index contributed by atoms with van der Waals surface area (Å²) in [5.41, 5.74) is 3.56. The molecule has 0 fully saturated rings. The molecule has 1 unspecified atom stereocenters. The molecule has 0 amide bonds. The summed E-state index contributed by atoms with van der Waals surface area (Å²) in [5, 5.41) is 0. The van der Waals surface area contributed by atoms with E-state index in [2.05, 4.69) is 39.0 Å². The maximum Gasteiger partial charge on any atom is -0.0149 e. The fourth-order valence-electron chi connectivity index (χ4n) is 2.60. The summed E-state index contributed by atoms with van der Waals surface area (Å²) >= 11 is 0. The Morgan fingerprint density at radius 2 is 1.95 bits per heavy atom. The molecule has 0 aromatic heterocycles. The molecule has 20 heavy (non-hydrogen) atoms. The minimum absolute atomic E-state index is 0.790. The molecule has 1 atom stereocenters. The second-order valence-electron chi connectivity index (χ2n) is 5.85. The monoisotopic (exact) mass is 270 g/mol. The summed E-state index contributed by atoms with van der Waals surface area (Å²) in [5.74, 6) is 0.790. The summed E-state index contributed by atoms with van der Waals surface area (Å²) in [7, 11) is 0. The number of hydrogen-bond donors (Lipinski definition) is 0. The zero-order chi connectivity index (χ0) is 14.8. The normalized spacial score (nSPS) is 12.3. The lowest BCUT2D eigenvalue weighted by Crippen LogP contribution is -2.04. The van der Waals surface area contributed by atoms with Gasteiger partial charge in [-0.25, -0.2) is 0 Å². The van der Waals surface area contributed by atoms with Gasteiger partial charge < -0.3 is 0 Å². The first-order valence-corrected chi connectivity index (χ1v) is 8.33. The zero-order valence-corrected chi connectivity index (χ0v) is 13.5. The lowest BCUT2D eigenvalue weighted by molar-refractivity contribution is 0.449. The molecular formula is C20H30. The Bertz CT molecular complexity index is 389. The predicted octanol–water partition coefficient (Wildman–Crippen LogP) is 6.25. The highest BCUT2D eigenvalue weighted by Gasteiger charge is 2.08. The van der Waals surface area contributed by atoms with Crippen LogP contribution in [0, 0.1) is 18.6 Å². The number of rotatable bonds is 10. The fourth-order valence-corrected chi connectivity index (χ4v) is 2.60. The fraction of sp³-hybridized carbons (Fsp3) is 0.600. The lowest BCUT2D eigenvalue weighted by Gasteiger charge is -2.15. The standard InChI is InChI=1S/C20H30/c1-5-8-11-17(4)20-14-10-13-19(16-20)15-18(7-3)12-9-6-2/h4,10,14,16,18H,5-9,11-12,15H2,1-3H3. The molecule has 0 bridgehead atoms. The Labute approximate surface area is 126 Å². The van der Waals surface area contributed by atoms with Gasteiger partial charge in [-0.3, -0.25) is 0 Å². The third-order valence-electron chi connectivity index (χ3n) is 4.08.